The van der Waals surface area contributed by atoms with Gasteiger partial charge in [-0.15, -0.1) is 0 Å². The van der Waals surface area contributed by atoms with Crippen LogP contribution < -0.4 is 0 Å². The molecule has 0 aromatic rings. The van der Waals surface area contributed by atoms with Crippen LogP contribution in [0.2, 0.25) is 0 Å². The Bertz CT molecular complexity index is 69.4. The Hall–Kier alpha value is 2.04. The molecule has 0 aromatic heterocycles. The number of halogens is 4. The van der Waals surface area contributed by atoms with Gasteiger partial charge < -0.3 is 4.48 Å². The SMILES string of the molecule is C[N+](C)(C)CCl.[Cl][Cd]([Cl])[Cl]. The van der Waals surface area contributed by atoms with E-state index in [1.54, 1.807) is 0 Å². The van der Waals surface area contributed by atoms with Crippen molar-refractivity contribution in [2.75, 3.05) is 27.1 Å². The van der Waals surface area contributed by atoms with E-state index in [-0.39, 0.29) is 0 Å². The third-order valence-corrected chi connectivity index (χ3v) is 1.08. The summed E-state index contributed by atoms with van der Waals surface area (Å²) in [5.74, 6) is 0. The Kier molecular flexibility index (Phi) is 11.2. The number of quaternary nitrogens is 1. The van der Waals surface area contributed by atoms with Crippen molar-refractivity contribution in [1.82, 2.24) is 0 Å². The maximum atomic E-state index is 5.45. The number of rotatable bonds is 1. The van der Waals surface area contributed by atoms with Crippen molar-refractivity contribution in [2.45, 2.75) is 0 Å². The molecule has 6 heteroatoms. The van der Waals surface area contributed by atoms with E-state index in [0.29, 0.717) is 6.00 Å². The topological polar surface area (TPSA) is 0 Å². The van der Waals surface area contributed by atoms with Gasteiger partial charge in [0.2, 0.25) is 0 Å². The number of nitrogens with zero attached hydrogens (tertiary/aromatic N) is 1. The fourth-order valence-electron chi connectivity index (χ4n) is 0. The predicted molar refractivity (Wildman–Crippen MR) is 46.3 cm³/mol. The molecule has 0 spiro atoms. The molecule has 0 aliphatic rings. The molecule has 0 saturated heterocycles. The summed E-state index contributed by atoms with van der Waals surface area (Å²) < 4.78 is 0.835. The average molecular weight is 327 g/mol. The number of alkyl halides is 1. The molecule has 1 nitrogen and oxygen atoms in total. The Morgan fingerprint density at radius 3 is 1.20 bits per heavy atom. The summed E-state index contributed by atoms with van der Waals surface area (Å²) in [6, 6.07) is 0.681. The van der Waals surface area contributed by atoms with E-state index < -0.39 is 19.0 Å². The molecule has 0 bridgehead atoms. The first kappa shape index (κ1) is 14.6. The molecule has 10 heavy (non-hydrogen) atoms. The van der Waals surface area contributed by atoms with E-state index in [1.165, 1.54) is 0 Å². The summed E-state index contributed by atoms with van der Waals surface area (Å²) in [6.07, 6.45) is 0. The molecule has 0 aliphatic heterocycles. The van der Waals surface area contributed by atoms with Crippen molar-refractivity contribution in [2.24, 2.45) is 0 Å². The van der Waals surface area contributed by atoms with Gasteiger partial charge in [-0.1, -0.05) is 11.6 Å². The van der Waals surface area contributed by atoms with Crippen molar-refractivity contribution in [3.63, 3.8) is 0 Å². The molecule has 0 heterocycles. The number of hydrogen-bond acceptors (Lipinski definition) is 0. The molecule has 0 N–H and O–H groups in total. The van der Waals surface area contributed by atoms with Crippen LogP contribution in [0.1, 0.15) is 0 Å². The zero-order valence-electron chi connectivity index (χ0n) is 6.37. The van der Waals surface area contributed by atoms with Crippen molar-refractivity contribution in [3.05, 3.63) is 0 Å². The molecule has 0 radical (unpaired) electrons. The van der Waals surface area contributed by atoms with Gasteiger partial charge in [0.05, 0.1) is 21.1 Å². The van der Waals surface area contributed by atoms with E-state index in [9.17, 15) is 0 Å². The fourth-order valence-corrected chi connectivity index (χ4v) is 0. The molecular weight excluding hydrogens is 316 g/mol. The Labute approximate surface area is 86.3 Å². The van der Waals surface area contributed by atoms with E-state index in [0.717, 1.165) is 4.48 Å². The van der Waals surface area contributed by atoms with E-state index in [1.807, 2.05) is 21.1 Å². The summed E-state index contributed by atoms with van der Waals surface area (Å²) in [5.41, 5.74) is 0. The second kappa shape index (κ2) is 7.68. The molecule has 0 rings (SSSR count). The monoisotopic (exact) mass is 327 g/mol. The van der Waals surface area contributed by atoms with Crippen LogP contribution in [0.3, 0.4) is 0 Å². The van der Waals surface area contributed by atoms with Gasteiger partial charge >= 0.3 is 44.0 Å². The van der Waals surface area contributed by atoms with Crippen molar-refractivity contribution in [3.8, 4) is 0 Å². The van der Waals surface area contributed by atoms with Crippen LogP contribution in [-0.2, 0) is 19.0 Å². The molecule has 0 amide bonds. The van der Waals surface area contributed by atoms with Gasteiger partial charge in [0.25, 0.3) is 0 Å². The summed E-state index contributed by atoms with van der Waals surface area (Å²) in [5, 5.41) is 0. The van der Waals surface area contributed by atoms with E-state index in [2.05, 4.69) is 0 Å². The molecule has 0 fully saturated rings. The molecule has 0 aromatic carbocycles. The normalized spacial score (nSPS) is 9.90. The van der Waals surface area contributed by atoms with Gasteiger partial charge in [-0.25, -0.2) is 0 Å². The first-order valence-electron chi connectivity index (χ1n) is 2.73. The second-order valence-electron chi connectivity index (χ2n) is 2.71. The van der Waals surface area contributed by atoms with Crippen LogP contribution in [0.25, 0.3) is 0 Å². The van der Waals surface area contributed by atoms with Crippen molar-refractivity contribution < 1.29 is 23.5 Å². The second-order valence-corrected chi connectivity index (χ2v) is 20.9. The standard InChI is InChI=1S/C4H11ClN.Cd.3ClH/c1-6(2,3)4-5;;;;/h4H2,1-3H3;;3*1H/q+1;+3;;;/p-3. The molecule has 0 atom stereocenters. The van der Waals surface area contributed by atoms with Crippen molar-refractivity contribution >= 4 is 36.5 Å². The quantitative estimate of drug-likeness (QED) is 0.301. The molecule has 0 saturated carbocycles. The van der Waals surface area contributed by atoms with Crippen molar-refractivity contribution in [1.29, 1.82) is 0 Å². The van der Waals surface area contributed by atoms with Gasteiger partial charge in [0, 0.05) is 0 Å². The summed E-state index contributed by atoms with van der Waals surface area (Å²) >= 11 is 3.14. The van der Waals surface area contributed by atoms with Crippen LogP contribution in [0.15, 0.2) is 0 Å². The molecule has 61 valence electrons. The molecule has 0 unspecified atom stereocenters. The number of hydrogen-bond donors (Lipinski definition) is 0. The summed E-state index contributed by atoms with van der Waals surface area (Å²) in [6.45, 7) is 0. The summed E-state index contributed by atoms with van der Waals surface area (Å²) in [4.78, 5) is 0. The molecule has 0 aliphatic carbocycles. The van der Waals surface area contributed by atoms with Gasteiger partial charge in [0.1, 0.15) is 0 Å². The molecular formula is C4H11CdCl4N+. The van der Waals surface area contributed by atoms with Crippen LogP contribution in [-0.4, -0.2) is 31.6 Å². The van der Waals surface area contributed by atoms with Crippen LogP contribution >= 0.6 is 36.5 Å². The summed E-state index contributed by atoms with van der Waals surface area (Å²) in [7, 11) is 21.2. The Morgan fingerprint density at radius 2 is 1.20 bits per heavy atom. The minimum atomic E-state index is -2.31. The zero-order chi connectivity index (χ0) is 8.78. The first-order valence-corrected chi connectivity index (χ1v) is 18.6. The first-order chi connectivity index (χ1) is 4.29. The zero-order valence-corrected chi connectivity index (χ0v) is 13.4. The fraction of sp³-hybridized carbons (Fsp3) is 1.00. The van der Waals surface area contributed by atoms with Gasteiger partial charge in [-0.05, 0) is 0 Å². The van der Waals surface area contributed by atoms with Crippen LogP contribution in [0.4, 0.5) is 0 Å². The van der Waals surface area contributed by atoms with Crippen LogP contribution in [0.5, 0.6) is 0 Å². The Morgan fingerprint density at radius 1 is 1.10 bits per heavy atom. The van der Waals surface area contributed by atoms with E-state index in [4.69, 9.17) is 36.5 Å². The third-order valence-electron chi connectivity index (χ3n) is 0.359. The van der Waals surface area contributed by atoms with Gasteiger partial charge in [-0.3, -0.25) is 0 Å². The maximum absolute atomic E-state index is 5.45. The minimum absolute atomic E-state index is 0.681. The van der Waals surface area contributed by atoms with E-state index >= 15 is 0 Å². The van der Waals surface area contributed by atoms with Gasteiger partial charge in [-0.2, -0.15) is 0 Å². The average Bonchev–Trinajstić information content (AvgIpc) is 1.63. The third kappa shape index (κ3) is 32.3. The van der Waals surface area contributed by atoms with Gasteiger partial charge in [0.15, 0.2) is 6.00 Å². The predicted octanol–water partition coefficient (Wildman–Crippen LogP) is 2.95. The van der Waals surface area contributed by atoms with Crippen LogP contribution in [0, 0.1) is 0 Å². The Balaban J connectivity index is 0.